The molecule has 0 amide bonds. The number of nitrogens with one attached hydrogen (secondary N) is 1. The molecule has 0 radical (unpaired) electrons. The molecular weight excluding hydrogens is 270 g/mol. The Hall–Kier alpha value is -0.990. The fourth-order valence-corrected chi connectivity index (χ4v) is 3.05. The van der Waals surface area contributed by atoms with Gasteiger partial charge in [-0.15, -0.1) is 0 Å². The minimum absolute atomic E-state index is 0.0859. The molecule has 0 aliphatic heterocycles. The van der Waals surface area contributed by atoms with Crippen LogP contribution >= 0.6 is 11.6 Å². The lowest BCUT2D eigenvalue weighted by molar-refractivity contribution is 0.187. The Bertz CT molecular complexity index is 458. The Labute approximate surface area is 127 Å². The van der Waals surface area contributed by atoms with Crippen LogP contribution in [0.15, 0.2) is 35.9 Å². The third-order valence-electron chi connectivity index (χ3n) is 3.87. The molecule has 1 aliphatic carbocycles. The molecule has 110 valence electrons. The van der Waals surface area contributed by atoms with E-state index in [0.29, 0.717) is 5.02 Å². The number of hydrogen-bond donors (Lipinski definition) is 1. The first-order chi connectivity index (χ1) is 9.70. The Balaban J connectivity index is 2.04. The summed E-state index contributed by atoms with van der Waals surface area (Å²) in [5.74, 6) is 0.833. The second kappa shape index (κ2) is 7.70. The minimum Gasteiger partial charge on any atom is -0.489 e. The molecule has 0 saturated carbocycles. The number of rotatable bonds is 5. The van der Waals surface area contributed by atoms with Crippen molar-refractivity contribution in [3.63, 3.8) is 0 Å². The van der Waals surface area contributed by atoms with Crippen LogP contribution in [0.4, 0.5) is 0 Å². The van der Waals surface area contributed by atoms with Gasteiger partial charge in [-0.2, -0.15) is 0 Å². The fraction of sp³-hybridized carbons (Fsp3) is 0.529. The van der Waals surface area contributed by atoms with Crippen molar-refractivity contribution in [2.75, 3.05) is 7.05 Å². The van der Waals surface area contributed by atoms with Gasteiger partial charge in [-0.05, 0) is 57.9 Å². The Morgan fingerprint density at radius 1 is 1.25 bits per heavy atom. The maximum absolute atomic E-state index is 6.05. The van der Waals surface area contributed by atoms with Gasteiger partial charge in [0.15, 0.2) is 0 Å². The average molecular weight is 294 g/mol. The quantitative estimate of drug-likeness (QED) is 0.802. The van der Waals surface area contributed by atoms with Crippen LogP contribution in [-0.2, 0) is 0 Å². The lowest BCUT2D eigenvalue weighted by Crippen LogP contribution is -2.40. The first kappa shape index (κ1) is 15.4. The van der Waals surface area contributed by atoms with Gasteiger partial charge < -0.3 is 10.1 Å². The number of likely N-dealkylation sites (N-methyl/N-ethyl adjacent to an activating group) is 1. The van der Waals surface area contributed by atoms with Crippen LogP contribution < -0.4 is 10.1 Å². The van der Waals surface area contributed by atoms with Gasteiger partial charge in [-0.25, -0.2) is 0 Å². The summed E-state index contributed by atoms with van der Waals surface area (Å²) in [5, 5.41) is 4.12. The van der Waals surface area contributed by atoms with Crippen molar-refractivity contribution in [3.05, 3.63) is 40.9 Å². The van der Waals surface area contributed by atoms with Crippen molar-refractivity contribution in [1.29, 1.82) is 0 Å². The molecule has 1 aromatic carbocycles. The van der Waals surface area contributed by atoms with Gasteiger partial charge in [0.1, 0.15) is 11.9 Å². The van der Waals surface area contributed by atoms with E-state index in [0.717, 1.165) is 5.75 Å². The molecule has 1 aliphatic rings. The minimum atomic E-state index is 0.0859. The van der Waals surface area contributed by atoms with E-state index < -0.39 is 0 Å². The largest absolute Gasteiger partial charge is 0.489 e. The summed E-state index contributed by atoms with van der Waals surface area (Å²) < 4.78 is 6.05. The van der Waals surface area contributed by atoms with Gasteiger partial charge in [0, 0.05) is 5.02 Å². The zero-order valence-electron chi connectivity index (χ0n) is 12.4. The molecule has 2 atom stereocenters. The van der Waals surface area contributed by atoms with E-state index in [4.69, 9.17) is 16.3 Å². The molecule has 1 N–H and O–H groups in total. The zero-order chi connectivity index (χ0) is 14.4. The van der Waals surface area contributed by atoms with Crippen molar-refractivity contribution < 1.29 is 4.74 Å². The van der Waals surface area contributed by atoms with Crippen LogP contribution in [-0.4, -0.2) is 19.2 Å². The molecule has 0 saturated heterocycles. The van der Waals surface area contributed by atoms with Crippen molar-refractivity contribution in [2.45, 2.75) is 51.2 Å². The molecule has 0 aromatic heterocycles. The Morgan fingerprint density at radius 3 is 2.85 bits per heavy atom. The van der Waals surface area contributed by atoms with E-state index in [1.54, 1.807) is 0 Å². The van der Waals surface area contributed by atoms with E-state index in [9.17, 15) is 0 Å². The highest BCUT2D eigenvalue weighted by Crippen LogP contribution is 2.24. The predicted octanol–water partition coefficient (Wildman–Crippen LogP) is 4.59. The average Bonchev–Trinajstić information content (AvgIpc) is 2.69. The van der Waals surface area contributed by atoms with E-state index in [1.807, 2.05) is 31.3 Å². The first-order valence-corrected chi connectivity index (χ1v) is 7.87. The van der Waals surface area contributed by atoms with Gasteiger partial charge in [-0.1, -0.05) is 35.7 Å². The third-order valence-corrected chi connectivity index (χ3v) is 4.11. The second-order valence-corrected chi connectivity index (χ2v) is 5.86. The molecule has 2 nitrogen and oxygen atoms in total. The van der Waals surface area contributed by atoms with E-state index in [1.165, 1.54) is 37.7 Å². The van der Waals surface area contributed by atoms with Crippen LogP contribution in [0.5, 0.6) is 5.75 Å². The molecule has 0 bridgehead atoms. The lowest BCUT2D eigenvalue weighted by atomic mass is 9.98. The number of hydrogen-bond acceptors (Lipinski definition) is 2. The normalized spacial score (nSPS) is 18.9. The summed E-state index contributed by atoms with van der Waals surface area (Å²) in [6, 6.07) is 7.88. The van der Waals surface area contributed by atoms with Crippen molar-refractivity contribution in [3.8, 4) is 5.75 Å². The van der Waals surface area contributed by atoms with Crippen LogP contribution in [0.3, 0.4) is 0 Å². The molecular formula is C17H24ClNO. The Kier molecular flexibility index (Phi) is 5.93. The van der Waals surface area contributed by atoms with Gasteiger partial charge in [0.25, 0.3) is 0 Å². The van der Waals surface area contributed by atoms with Crippen LogP contribution in [0.25, 0.3) is 0 Å². The Morgan fingerprint density at radius 2 is 2.10 bits per heavy atom. The summed E-state index contributed by atoms with van der Waals surface area (Å²) in [4.78, 5) is 0. The predicted molar refractivity (Wildman–Crippen MR) is 85.6 cm³/mol. The van der Waals surface area contributed by atoms with E-state index in [-0.39, 0.29) is 12.1 Å². The maximum atomic E-state index is 6.05. The van der Waals surface area contributed by atoms with Crippen molar-refractivity contribution >= 4 is 11.6 Å². The van der Waals surface area contributed by atoms with Crippen LogP contribution in [0.2, 0.25) is 5.02 Å². The highest BCUT2D eigenvalue weighted by atomic mass is 35.5. The lowest BCUT2D eigenvalue weighted by Gasteiger charge is -2.27. The third kappa shape index (κ3) is 4.26. The molecule has 0 fully saturated rings. The van der Waals surface area contributed by atoms with E-state index >= 15 is 0 Å². The van der Waals surface area contributed by atoms with Gasteiger partial charge >= 0.3 is 0 Å². The highest BCUT2D eigenvalue weighted by molar-refractivity contribution is 6.30. The fourth-order valence-electron chi connectivity index (χ4n) is 2.87. The molecule has 0 spiro atoms. The molecule has 0 heterocycles. The van der Waals surface area contributed by atoms with Crippen LogP contribution in [0, 0.1) is 0 Å². The van der Waals surface area contributed by atoms with Crippen molar-refractivity contribution in [2.24, 2.45) is 0 Å². The zero-order valence-corrected chi connectivity index (χ0v) is 13.1. The van der Waals surface area contributed by atoms with Gasteiger partial charge in [0.2, 0.25) is 0 Å². The maximum Gasteiger partial charge on any atom is 0.121 e. The summed E-state index contributed by atoms with van der Waals surface area (Å²) in [6.07, 6.45) is 8.78. The SMILES string of the molecule is CNC(C1=CCCCCC1)C(C)Oc1cccc(Cl)c1. The highest BCUT2D eigenvalue weighted by Gasteiger charge is 2.22. The first-order valence-electron chi connectivity index (χ1n) is 7.49. The molecule has 2 rings (SSSR count). The summed E-state index contributed by atoms with van der Waals surface area (Å²) in [7, 11) is 2.01. The molecule has 3 heteroatoms. The van der Waals surface area contributed by atoms with Gasteiger partial charge in [-0.3, -0.25) is 0 Å². The number of benzene rings is 1. The van der Waals surface area contributed by atoms with Crippen molar-refractivity contribution in [1.82, 2.24) is 5.32 Å². The smallest absolute Gasteiger partial charge is 0.121 e. The number of allylic oxidation sites excluding steroid dienone is 1. The topological polar surface area (TPSA) is 21.3 Å². The van der Waals surface area contributed by atoms with Crippen LogP contribution in [0.1, 0.15) is 39.0 Å². The summed E-state index contributed by atoms with van der Waals surface area (Å²) >= 11 is 6.01. The number of halogens is 1. The monoisotopic (exact) mass is 293 g/mol. The molecule has 1 aromatic rings. The summed E-state index contributed by atoms with van der Waals surface area (Å²) in [6.45, 7) is 2.12. The van der Waals surface area contributed by atoms with Gasteiger partial charge in [0.05, 0.1) is 6.04 Å². The second-order valence-electron chi connectivity index (χ2n) is 5.43. The molecule has 20 heavy (non-hydrogen) atoms. The summed E-state index contributed by atoms with van der Waals surface area (Å²) in [5.41, 5.74) is 1.49. The standard InChI is InChI=1S/C17H24ClNO/c1-13(20-16-11-7-10-15(18)12-16)17(19-2)14-8-5-3-4-6-9-14/h7-8,10-13,17,19H,3-6,9H2,1-2H3. The molecule has 2 unspecified atom stereocenters. The number of ether oxygens (including phenoxy) is 1. The van der Waals surface area contributed by atoms with E-state index in [2.05, 4.69) is 18.3 Å².